The summed E-state index contributed by atoms with van der Waals surface area (Å²) in [6, 6.07) is 7.41. The number of aromatic nitrogens is 2. The zero-order valence-corrected chi connectivity index (χ0v) is 23.2. The lowest BCUT2D eigenvalue weighted by atomic mass is 10.00. The number of piperidine rings is 2. The summed E-state index contributed by atoms with van der Waals surface area (Å²) in [5.41, 5.74) is 2.97. The summed E-state index contributed by atoms with van der Waals surface area (Å²) in [7, 11) is 2.73. The first-order valence-electron chi connectivity index (χ1n) is 13.4. The Morgan fingerprint density at radius 1 is 0.946 bits per heavy atom. The van der Waals surface area contributed by atoms with E-state index in [2.05, 4.69) is 43.5 Å². The zero-order valence-electron chi connectivity index (χ0n) is 23.2. The summed E-state index contributed by atoms with van der Waals surface area (Å²) in [6.07, 6.45) is 9.57. The fraction of sp³-hybridized carbons (Fsp3) is 0.586. The molecule has 4 rings (SSSR count). The van der Waals surface area contributed by atoms with Crippen LogP contribution >= 0.6 is 0 Å². The van der Waals surface area contributed by atoms with Gasteiger partial charge in [0.15, 0.2) is 0 Å². The highest BCUT2D eigenvalue weighted by atomic mass is 16.5. The second kappa shape index (κ2) is 16.8. The maximum absolute atomic E-state index is 11.4. The van der Waals surface area contributed by atoms with Crippen molar-refractivity contribution < 1.29 is 19.1 Å². The Bertz CT molecular complexity index is 962. The van der Waals surface area contributed by atoms with Crippen LogP contribution in [-0.4, -0.2) is 67.2 Å². The summed E-state index contributed by atoms with van der Waals surface area (Å²) >= 11 is 0. The van der Waals surface area contributed by atoms with Crippen molar-refractivity contribution in [3.63, 3.8) is 0 Å². The molecule has 0 aromatic carbocycles. The molecule has 8 nitrogen and oxygen atoms in total. The molecule has 4 heterocycles. The highest BCUT2D eigenvalue weighted by Gasteiger charge is 2.17. The highest BCUT2D eigenvalue weighted by molar-refractivity contribution is 5.87. The van der Waals surface area contributed by atoms with Crippen LogP contribution in [0.3, 0.4) is 0 Å². The Morgan fingerprint density at radius 2 is 1.54 bits per heavy atom. The van der Waals surface area contributed by atoms with E-state index in [0.717, 1.165) is 49.0 Å². The topological polar surface area (TPSA) is 93.7 Å². The average molecular weight is 513 g/mol. The lowest BCUT2D eigenvalue weighted by Gasteiger charge is -2.30. The first kappa shape index (κ1) is 30.4. The van der Waals surface area contributed by atoms with Crippen molar-refractivity contribution in [1.82, 2.24) is 20.2 Å². The van der Waals surface area contributed by atoms with Gasteiger partial charge in [0.2, 0.25) is 0 Å². The van der Waals surface area contributed by atoms with Crippen molar-refractivity contribution in [2.75, 3.05) is 40.4 Å². The minimum Gasteiger partial charge on any atom is -0.464 e. The quantitative estimate of drug-likeness (QED) is 0.584. The molecule has 204 valence electrons. The van der Waals surface area contributed by atoms with Gasteiger partial charge in [-0.05, 0) is 99.0 Å². The van der Waals surface area contributed by atoms with Gasteiger partial charge in [0.05, 0.1) is 14.2 Å². The van der Waals surface area contributed by atoms with E-state index in [0.29, 0.717) is 11.4 Å². The first-order valence-corrected chi connectivity index (χ1v) is 13.4. The molecular formula is C29H44N4O4. The predicted octanol–water partition coefficient (Wildman–Crippen LogP) is 4.54. The van der Waals surface area contributed by atoms with E-state index in [1.807, 2.05) is 25.1 Å². The van der Waals surface area contributed by atoms with Crippen molar-refractivity contribution in [2.45, 2.75) is 59.4 Å². The van der Waals surface area contributed by atoms with E-state index in [1.165, 1.54) is 53.0 Å². The van der Waals surface area contributed by atoms with Gasteiger partial charge in [0, 0.05) is 25.5 Å². The van der Waals surface area contributed by atoms with Crippen LogP contribution in [0.2, 0.25) is 0 Å². The number of rotatable bonds is 5. The van der Waals surface area contributed by atoms with Gasteiger partial charge in [0.25, 0.3) is 0 Å². The largest absolute Gasteiger partial charge is 0.464 e. The molecular weight excluding hydrogens is 468 g/mol. The summed E-state index contributed by atoms with van der Waals surface area (Å²) in [4.78, 5) is 32.8. The number of hydrogen-bond acceptors (Lipinski definition) is 8. The number of methoxy groups -OCH3 is 2. The van der Waals surface area contributed by atoms with Crippen LogP contribution in [0.25, 0.3) is 0 Å². The van der Waals surface area contributed by atoms with Crippen molar-refractivity contribution in [3.05, 3.63) is 59.2 Å². The summed E-state index contributed by atoms with van der Waals surface area (Å²) < 4.78 is 9.22. The smallest absolute Gasteiger partial charge is 0.356 e. The third-order valence-electron chi connectivity index (χ3n) is 6.54. The van der Waals surface area contributed by atoms with Crippen LogP contribution in [0.5, 0.6) is 0 Å². The maximum atomic E-state index is 11.4. The lowest BCUT2D eigenvalue weighted by molar-refractivity contribution is 0.0585. The van der Waals surface area contributed by atoms with Crippen LogP contribution in [0, 0.1) is 11.8 Å². The normalized spacial score (nSPS) is 19.4. The van der Waals surface area contributed by atoms with Crippen molar-refractivity contribution >= 4 is 11.9 Å². The summed E-state index contributed by atoms with van der Waals surface area (Å²) in [5.74, 6) is 0.934. The first-order chi connectivity index (χ1) is 17.9. The van der Waals surface area contributed by atoms with E-state index in [4.69, 9.17) is 0 Å². The molecule has 2 aliphatic rings. The summed E-state index contributed by atoms with van der Waals surface area (Å²) in [6.45, 7) is 12.2. The molecule has 2 aromatic rings. The molecule has 37 heavy (non-hydrogen) atoms. The highest BCUT2D eigenvalue weighted by Crippen LogP contribution is 2.18. The lowest BCUT2D eigenvalue weighted by Crippen LogP contribution is -2.33. The minimum absolute atomic E-state index is 0.371. The number of carbonyl (C=O) groups is 2. The molecule has 2 saturated heterocycles. The molecule has 0 radical (unpaired) electrons. The van der Waals surface area contributed by atoms with Crippen molar-refractivity contribution in [3.8, 4) is 0 Å². The van der Waals surface area contributed by atoms with Crippen molar-refractivity contribution in [1.29, 1.82) is 0 Å². The number of hydrogen-bond donors (Lipinski definition) is 1. The molecule has 1 N–H and O–H groups in total. The average Bonchev–Trinajstić information content (AvgIpc) is 2.93. The van der Waals surface area contributed by atoms with Crippen LogP contribution in [-0.2, 0) is 22.4 Å². The fourth-order valence-electron chi connectivity index (χ4n) is 4.41. The van der Waals surface area contributed by atoms with Gasteiger partial charge in [-0.2, -0.15) is 0 Å². The number of esters is 2. The maximum Gasteiger partial charge on any atom is 0.356 e. The number of pyridine rings is 2. The molecule has 0 aliphatic carbocycles. The minimum atomic E-state index is -0.384. The molecule has 2 fully saturated rings. The monoisotopic (exact) mass is 512 g/mol. The van der Waals surface area contributed by atoms with Crippen LogP contribution < -0.4 is 5.32 Å². The molecule has 2 aliphatic heterocycles. The fourth-order valence-corrected chi connectivity index (χ4v) is 4.41. The Labute approximate surface area is 222 Å². The molecule has 2 atom stereocenters. The number of nitrogens with zero attached hydrogens (tertiary/aromatic N) is 3. The van der Waals surface area contributed by atoms with Gasteiger partial charge in [-0.3, -0.25) is 4.90 Å². The standard InChI is InChI=1S/C14H20N2O2.C9H11NO2.C6H13N/c1-11-4-3-7-16(9-11)10-12-5-6-15-13(8-12)14(17)18-2;1-3-7-4-5-10-8(6-7)9(11)12-2;1-6-3-2-4-7-5-6/h5-6,8,11H,3-4,7,9-10H2,1-2H3;4-6H,3H2,1-2H3;6-7H,2-5H2,1H3/t11-;;6-/m1.1/s1. The number of carbonyl (C=O) groups excluding carboxylic acids is 2. The van der Waals surface area contributed by atoms with Crippen molar-refractivity contribution in [2.24, 2.45) is 11.8 Å². The van der Waals surface area contributed by atoms with Crippen LogP contribution in [0.4, 0.5) is 0 Å². The Balaban J connectivity index is 0.000000217. The van der Waals surface area contributed by atoms with E-state index in [9.17, 15) is 9.59 Å². The van der Waals surface area contributed by atoms with Crippen LogP contribution in [0.1, 0.15) is 78.6 Å². The van der Waals surface area contributed by atoms with E-state index in [-0.39, 0.29) is 11.9 Å². The number of ether oxygens (including phenoxy) is 2. The zero-order chi connectivity index (χ0) is 27.0. The third kappa shape index (κ3) is 11.4. The molecule has 0 saturated carbocycles. The predicted molar refractivity (Wildman–Crippen MR) is 145 cm³/mol. The van der Waals surface area contributed by atoms with Gasteiger partial charge >= 0.3 is 11.9 Å². The number of aryl methyl sites for hydroxylation is 1. The van der Waals surface area contributed by atoms with E-state index in [1.54, 1.807) is 18.5 Å². The van der Waals surface area contributed by atoms with Gasteiger partial charge < -0.3 is 14.8 Å². The molecule has 0 bridgehead atoms. The van der Waals surface area contributed by atoms with Gasteiger partial charge in [-0.25, -0.2) is 19.6 Å². The summed E-state index contributed by atoms with van der Waals surface area (Å²) in [5, 5.41) is 3.33. The molecule has 2 aromatic heterocycles. The van der Waals surface area contributed by atoms with Gasteiger partial charge in [0.1, 0.15) is 11.4 Å². The van der Waals surface area contributed by atoms with E-state index < -0.39 is 0 Å². The van der Waals surface area contributed by atoms with Gasteiger partial charge in [-0.1, -0.05) is 20.8 Å². The second-order valence-corrected chi connectivity index (χ2v) is 9.87. The Morgan fingerprint density at radius 3 is 2.03 bits per heavy atom. The number of nitrogens with one attached hydrogen (secondary N) is 1. The third-order valence-corrected chi connectivity index (χ3v) is 6.54. The van der Waals surface area contributed by atoms with E-state index >= 15 is 0 Å². The SMILES string of the molecule is CCc1ccnc(C(=O)OC)c1.COC(=O)c1cc(CN2CCC[C@@H](C)C2)ccn1.C[C@@H]1CCCNC1. The van der Waals surface area contributed by atoms with Crippen LogP contribution in [0.15, 0.2) is 36.7 Å². The molecule has 8 heteroatoms. The van der Waals surface area contributed by atoms with Gasteiger partial charge in [-0.15, -0.1) is 0 Å². The Kier molecular flexibility index (Phi) is 13.8. The molecule has 0 amide bonds. The number of likely N-dealkylation sites (tertiary alicyclic amines) is 1. The molecule has 0 unspecified atom stereocenters. The Hall–Kier alpha value is -2.84. The second-order valence-electron chi connectivity index (χ2n) is 9.87. The molecule has 0 spiro atoms.